The maximum atomic E-state index is 14.4. The molecule has 0 saturated heterocycles. The number of hydrogen-bond donors (Lipinski definition) is 2. The fourth-order valence-electron chi connectivity index (χ4n) is 2.92. The quantitative estimate of drug-likeness (QED) is 0.255. The summed E-state index contributed by atoms with van der Waals surface area (Å²) in [6.07, 6.45) is 5.16. The molecule has 2 N–H and O–H groups in total. The second-order valence-electron chi connectivity index (χ2n) is 6.37. The first-order valence-corrected chi connectivity index (χ1v) is 13.2. The van der Waals surface area contributed by atoms with E-state index in [1.807, 2.05) is 48.9 Å². The van der Waals surface area contributed by atoms with Crippen LogP contribution in [0, 0.1) is 5.82 Å². The first kappa shape index (κ1) is 20.4. The molecule has 0 aliphatic heterocycles. The van der Waals surface area contributed by atoms with Crippen molar-refractivity contribution in [3.8, 4) is 0 Å². The van der Waals surface area contributed by atoms with Crippen molar-refractivity contribution in [2.75, 3.05) is 23.1 Å². The van der Waals surface area contributed by atoms with Gasteiger partial charge in [0.25, 0.3) is 0 Å². The lowest BCUT2D eigenvalue weighted by atomic mass is 10.3. The van der Waals surface area contributed by atoms with Crippen LogP contribution in [0.25, 0.3) is 20.4 Å². The Kier molecular flexibility index (Phi) is 5.65. The lowest BCUT2D eigenvalue weighted by Crippen LogP contribution is -2.03. The molecule has 0 amide bonds. The molecule has 5 aromatic rings. The van der Waals surface area contributed by atoms with E-state index in [-0.39, 0.29) is 5.82 Å². The summed E-state index contributed by atoms with van der Waals surface area (Å²) < 4.78 is 18.5. The van der Waals surface area contributed by atoms with E-state index in [4.69, 9.17) is 0 Å². The number of rotatable bonds is 6. The minimum absolute atomic E-state index is 0.106. The maximum Gasteiger partial charge on any atom is 0.229 e. The standard InChI is InChI=1S/C20H15FN6S4/c1-28-19-25-13-5-3-10(7-15(13)30-19)23-17-12(21)9-22-18(27-17)24-11-4-6-14-16(8-11)31-20(26-14)29-2/h3-9H,1-2H3,(H2,22,23,24,27). The zero-order valence-corrected chi connectivity index (χ0v) is 19.6. The molecule has 31 heavy (non-hydrogen) atoms. The van der Waals surface area contributed by atoms with E-state index in [9.17, 15) is 4.39 Å². The Morgan fingerprint density at radius 3 is 1.97 bits per heavy atom. The average Bonchev–Trinajstić information content (AvgIpc) is 3.38. The van der Waals surface area contributed by atoms with Crippen molar-refractivity contribution in [1.29, 1.82) is 0 Å². The fraction of sp³-hybridized carbons (Fsp3) is 0.100. The first-order chi connectivity index (χ1) is 15.1. The van der Waals surface area contributed by atoms with Gasteiger partial charge < -0.3 is 10.6 Å². The molecule has 3 aromatic heterocycles. The molecule has 0 aliphatic rings. The Labute approximate surface area is 193 Å². The van der Waals surface area contributed by atoms with Crippen LogP contribution in [-0.2, 0) is 0 Å². The van der Waals surface area contributed by atoms with Crippen molar-refractivity contribution >= 4 is 89.8 Å². The van der Waals surface area contributed by atoms with Gasteiger partial charge in [-0.05, 0) is 48.9 Å². The Morgan fingerprint density at radius 1 is 0.806 bits per heavy atom. The Balaban J connectivity index is 1.40. The highest BCUT2D eigenvalue weighted by Gasteiger charge is 2.11. The molecule has 11 heteroatoms. The third-order valence-electron chi connectivity index (χ3n) is 4.35. The number of aromatic nitrogens is 4. The number of thiazole rings is 2. The van der Waals surface area contributed by atoms with Gasteiger partial charge in [-0.15, -0.1) is 22.7 Å². The zero-order valence-electron chi connectivity index (χ0n) is 16.3. The third kappa shape index (κ3) is 4.31. The summed E-state index contributed by atoms with van der Waals surface area (Å²) in [5, 5.41) is 6.20. The van der Waals surface area contributed by atoms with Gasteiger partial charge in [0.15, 0.2) is 20.3 Å². The summed E-state index contributed by atoms with van der Waals surface area (Å²) in [5.41, 5.74) is 3.43. The summed E-state index contributed by atoms with van der Waals surface area (Å²) in [6, 6.07) is 11.6. The van der Waals surface area contributed by atoms with Crippen LogP contribution in [0.3, 0.4) is 0 Å². The summed E-state index contributed by atoms with van der Waals surface area (Å²) in [6.45, 7) is 0. The van der Waals surface area contributed by atoms with Gasteiger partial charge in [-0.2, -0.15) is 4.98 Å². The Bertz CT molecular complexity index is 1400. The van der Waals surface area contributed by atoms with Crippen molar-refractivity contribution in [2.24, 2.45) is 0 Å². The van der Waals surface area contributed by atoms with Gasteiger partial charge in [-0.1, -0.05) is 23.5 Å². The second-order valence-corrected chi connectivity index (χ2v) is 10.5. The minimum Gasteiger partial charge on any atom is -0.338 e. The summed E-state index contributed by atoms with van der Waals surface area (Å²) >= 11 is 6.46. The molecule has 6 nitrogen and oxygen atoms in total. The number of anilines is 4. The molecular formula is C20H15FN6S4. The lowest BCUT2D eigenvalue weighted by molar-refractivity contribution is 0.619. The van der Waals surface area contributed by atoms with Crippen LogP contribution in [0.5, 0.6) is 0 Å². The molecule has 5 rings (SSSR count). The van der Waals surface area contributed by atoms with Gasteiger partial charge in [-0.3, -0.25) is 0 Å². The van der Waals surface area contributed by atoms with Crippen LogP contribution in [0.2, 0.25) is 0 Å². The van der Waals surface area contributed by atoms with Crippen LogP contribution in [-0.4, -0.2) is 32.4 Å². The maximum absolute atomic E-state index is 14.4. The van der Waals surface area contributed by atoms with Crippen molar-refractivity contribution < 1.29 is 4.39 Å². The number of nitrogens with zero attached hydrogens (tertiary/aromatic N) is 4. The summed E-state index contributed by atoms with van der Waals surface area (Å²) in [4.78, 5) is 17.5. The second kappa shape index (κ2) is 8.58. The average molecular weight is 487 g/mol. The predicted octanol–water partition coefficient (Wildman–Crippen LogP) is 6.77. The van der Waals surface area contributed by atoms with Gasteiger partial charge in [0.1, 0.15) is 0 Å². The normalized spacial score (nSPS) is 11.3. The number of halogens is 1. The Hall–Kier alpha value is -2.47. The topological polar surface area (TPSA) is 75.6 Å². The van der Waals surface area contributed by atoms with Crippen molar-refractivity contribution in [3.05, 3.63) is 48.4 Å². The highest BCUT2D eigenvalue weighted by Crippen LogP contribution is 2.32. The van der Waals surface area contributed by atoms with E-state index >= 15 is 0 Å². The van der Waals surface area contributed by atoms with Gasteiger partial charge in [-0.25, -0.2) is 19.3 Å². The number of nitrogens with one attached hydrogen (secondary N) is 2. The zero-order chi connectivity index (χ0) is 21.4. The summed E-state index contributed by atoms with van der Waals surface area (Å²) in [7, 11) is 0. The number of fused-ring (bicyclic) bond motifs is 2. The Morgan fingerprint density at radius 2 is 1.39 bits per heavy atom. The van der Waals surface area contributed by atoms with E-state index in [1.54, 1.807) is 46.2 Å². The molecule has 156 valence electrons. The highest BCUT2D eigenvalue weighted by molar-refractivity contribution is 8.00. The monoisotopic (exact) mass is 486 g/mol. The van der Waals surface area contributed by atoms with Crippen LogP contribution >= 0.6 is 46.2 Å². The lowest BCUT2D eigenvalue weighted by Gasteiger charge is -2.09. The van der Waals surface area contributed by atoms with Crippen LogP contribution < -0.4 is 10.6 Å². The number of thioether (sulfide) groups is 2. The van der Waals surface area contributed by atoms with Crippen molar-refractivity contribution in [3.63, 3.8) is 0 Å². The molecule has 3 heterocycles. The van der Waals surface area contributed by atoms with E-state index in [0.717, 1.165) is 46.7 Å². The molecule has 2 aromatic carbocycles. The van der Waals surface area contributed by atoms with E-state index in [2.05, 4.69) is 30.6 Å². The van der Waals surface area contributed by atoms with Gasteiger partial charge in [0.05, 0.1) is 26.6 Å². The number of benzene rings is 2. The third-order valence-corrected chi connectivity index (χ3v) is 8.36. The van der Waals surface area contributed by atoms with Crippen molar-refractivity contribution in [2.45, 2.75) is 8.68 Å². The molecule has 0 atom stereocenters. The van der Waals surface area contributed by atoms with Crippen LogP contribution in [0.1, 0.15) is 0 Å². The molecule has 0 unspecified atom stereocenters. The molecule has 0 spiro atoms. The first-order valence-electron chi connectivity index (χ1n) is 9.07. The fourth-order valence-corrected chi connectivity index (χ4v) is 5.98. The van der Waals surface area contributed by atoms with Crippen molar-refractivity contribution in [1.82, 2.24) is 19.9 Å². The van der Waals surface area contributed by atoms with Gasteiger partial charge >= 0.3 is 0 Å². The largest absolute Gasteiger partial charge is 0.338 e. The molecule has 0 bridgehead atoms. The van der Waals surface area contributed by atoms with E-state index < -0.39 is 5.82 Å². The van der Waals surface area contributed by atoms with Crippen LogP contribution in [0.4, 0.5) is 27.5 Å². The smallest absolute Gasteiger partial charge is 0.229 e. The molecule has 0 fully saturated rings. The highest BCUT2D eigenvalue weighted by atomic mass is 32.2. The molecule has 0 aliphatic carbocycles. The van der Waals surface area contributed by atoms with Crippen LogP contribution in [0.15, 0.2) is 51.3 Å². The van der Waals surface area contributed by atoms with E-state index in [0.29, 0.717) is 5.95 Å². The minimum atomic E-state index is -0.526. The molecule has 0 radical (unpaired) electrons. The van der Waals surface area contributed by atoms with Gasteiger partial charge in [0.2, 0.25) is 5.95 Å². The summed E-state index contributed by atoms with van der Waals surface area (Å²) in [5.74, 6) is -0.112. The van der Waals surface area contributed by atoms with E-state index in [1.165, 1.54) is 0 Å². The number of hydrogen-bond acceptors (Lipinski definition) is 10. The van der Waals surface area contributed by atoms with Gasteiger partial charge in [0, 0.05) is 11.4 Å². The SMILES string of the molecule is CSc1nc2ccc(Nc3ncc(F)c(Nc4ccc5nc(SC)sc5c4)n3)cc2s1. The molecule has 0 saturated carbocycles. The predicted molar refractivity (Wildman–Crippen MR) is 131 cm³/mol. The molecular weight excluding hydrogens is 472 g/mol.